The summed E-state index contributed by atoms with van der Waals surface area (Å²) in [6, 6.07) is 2.90. The Morgan fingerprint density at radius 2 is 0.917 bits per heavy atom. The summed E-state index contributed by atoms with van der Waals surface area (Å²) in [5.41, 5.74) is 0.983. The summed E-state index contributed by atoms with van der Waals surface area (Å²) in [6.07, 6.45) is 0. The lowest BCUT2D eigenvalue weighted by molar-refractivity contribution is -0.140. The summed E-state index contributed by atoms with van der Waals surface area (Å²) in [5, 5.41) is 0. The molecule has 0 aliphatic carbocycles. The van der Waals surface area contributed by atoms with Gasteiger partial charge in [0.15, 0.2) is 17.3 Å². The number of carbonyl (C=O) groups is 4. The van der Waals surface area contributed by atoms with Gasteiger partial charge < -0.3 is 28.4 Å². The van der Waals surface area contributed by atoms with Crippen LogP contribution in [0.4, 0.5) is 0 Å². The van der Waals surface area contributed by atoms with E-state index in [4.69, 9.17) is 28.4 Å². The van der Waals surface area contributed by atoms with Gasteiger partial charge in [0.25, 0.3) is 0 Å². The summed E-state index contributed by atoms with van der Waals surface area (Å²) < 4.78 is 32.2. The minimum Gasteiger partial charge on any atom is -0.486 e. The van der Waals surface area contributed by atoms with Crippen molar-refractivity contribution in [2.45, 2.75) is 27.7 Å². The molecule has 0 amide bonds. The summed E-state index contributed by atoms with van der Waals surface area (Å²) in [5.74, 6) is -1.60. The standard InChI is InChI=1S/C26H32O10/c1-16(2)24(28)34-11-8-31-21-14-20(19(7)27)15-22(32-9-12-35-25(29)17(3)4)23(21)33-10-13-36-26(30)18(5)6/h14-15H,1,3,5,8-13H2,2,4,6-7H3. The van der Waals surface area contributed by atoms with Crippen LogP contribution in [0.2, 0.25) is 0 Å². The van der Waals surface area contributed by atoms with Crippen LogP contribution >= 0.6 is 0 Å². The van der Waals surface area contributed by atoms with Crippen molar-refractivity contribution < 1.29 is 47.6 Å². The predicted octanol–water partition coefficient (Wildman–Crippen LogP) is 3.38. The van der Waals surface area contributed by atoms with Crippen LogP contribution in [0, 0.1) is 0 Å². The zero-order valence-corrected chi connectivity index (χ0v) is 21.1. The molecule has 36 heavy (non-hydrogen) atoms. The van der Waals surface area contributed by atoms with E-state index >= 15 is 0 Å². The van der Waals surface area contributed by atoms with E-state index in [2.05, 4.69) is 19.7 Å². The lowest BCUT2D eigenvalue weighted by Gasteiger charge is -2.18. The molecule has 0 heterocycles. The molecule has 0 aliphatic rings. The van der Waals surface area contributed by atoms with Crippen molar-refractivity contribution >= 4 is 23.7 Å². The maximum atomic E-state index is 12.1. The average molecular weight is 505 g/mol. The Kier molecular flexibility index (Phi) is 12.5. The highest BCUT2D eigenvalue weighted by Gasteiger charge is 2.18. The first kappa shape index (κ1) is 30.0. The Labute approximate surface area is 210 Å². The molecule has 0 aliphatic heterocycles. The maximum absolute atomic E-state index is 12.1. The fraction of sp³-hybridized carbons (Fsp3) is 0.385. The first-order chi connectivity index (χ1) is 16.9. The summed E-state index contributed by atoms with van der Waals surface area (Å²) >= 11 is 0. The van der Waals surface area contributed by atoms with Crippen LogP contribution < -0.4 is 14.2 Å². The molecule has 0 unspecified atom stereocenters. The largest absolute Gasteiger partial charge is 0.486 e. The maximum Gasteiger partial charge on any atom is 0.333 e. The number of rotatable bonds is 16. The molecule has 1 aromatic carbocycles. The Balaban J connectivity index is 3.06. The van der Waals surface area contributed by atoms with Gasteiger partial charge in [-0.3, -0.25) is 4.79 Å². The molecule has 0 aromatic heterocycles. The highest BCUT2D eigenvalue weighted by atomic mass is 16.6. The van der Waals surface area contributed by atoms with Gasteiger partial charge in [-0.05, 0) is 39.8 Å². The van der Waals surface area contributed by atoms with E-state index in [1.165, 1.54) is 39.8 Å². The van der Waals surface area contributed by atoms with Crippen LogP contribution in [0.25, 0.3) is 0 Å². The zero-order valence-electron chi connectivity index (χ0n) is 21.1. The van der Waals surface area contributed by atoms with Gasteiger partial charge in [-0.1, -0.05) is 19.7 Å². The number of Topliss-reactive ketones (excluding diaryl/α,β-unsaturated/α-hetero) is 1. The van der Waals surface area contributed by atoms with Crippen LogP contribution in [0.1, 0.15) is 38.1 Å². The van der Waals surface area contributed by atoms with Crippen molar-refractivity contribution in [3.8, 4) is 17.2 Å². The summed E-state index contributed by atoms with van der Waals surface area (Å²) in [6.45, 7) is 16.0. The third-order valence-electron chi connectivity index (χ3n) is 4.18. The van der Waals surface area contributed by atoms with Gasteiger partial charge in [-0.25, -0.2) is 14.4 Å². The SMILES string of the molecule is C=C(C)C(=O)OCCOc1cc(C(C)=O)cc(OCCOC(=O)C(=C)C)c1OCCOC(=O)C(=C)C. The molecule has 1 aromatic rings. The van der Waals surface area contributed by atoms with E-state index in [-0.39, 0.29) is 85.0 Å². The Hall–Kier alpha value is -4.08. The number of hydrogen-bond acceptors (Lipinski definition) is 10. The quantitative estimate of drug-likeness (QED) is 0.109. The van der Waals surface area contributed by atoms with E-state index in [0.717, 1.165) is 0 Å². The highest BCUT2D eigenvalue weighted by Crippen LogP contribution is 2.39. The first-order valence-electron chi connectivity index (χ1n) is 11.0. The van der Waals surface area contributed by atoms with Crippen molar-refractivity contribution in [3.63, 3.8) is 0 Å². The first-order valence-corrected chi connectivity index (χ1v) is 11.0. The molecule has 1 rings (SSSR count). The zero-order chi connectivity index (χ0) is 27.3. The lowest BCUT2D eigenvalue weighted by Crippen LogP contribution is -2.16. The van der Waals surface area contributed by atoms with E-state index in [1.54, 1.807) is 0 Å². The van der Waals surface area contributed by atoms with Gasteiger partial charge in [-0.2, -0.15) is 0 Å². The Morgan fingerprint density at radius 3 is 1.22 bits per heavy atom. The number of esters is 3. The average Bonchev–Trinajstić information content (AvgIpc) is 2.81. The molecule has 0 saturated carbocycles. The number of benzene rings is 1. The molecule has 10 heteroatoms. The summed E-state index contributed by atoms with van der Waals surface area (Å²) in [7, 11) is 0. The van der Waals surface area contributed by atoms with E-state index in [1.807, 2.05) is 0 Å². The van der Waals surface area contributed by atoms with E-state index in [9.17, 15) is 19.2 Å². The second-order valence-corrected chi connectivity index (χ2v) is 7.65. The molecular weight excluding hydrogens is 472 g/mol. The number of ketones is 1. The molecular formula is C26H32O10. The highest BCUT2D eigenvalue weighted by molar-refractivity contribution is 5.95. The molecule has 10 nitrogen and oxygen atoms in total. The lowest BCUT2D eigenvalue weighted by atomic mass is 10.1. The minimum absolute atomic E-state index is 0.0585. The Bertz CT molecular complexity index is 967. The number of hydrogen-bond donors (Lipinski definition) is 0. The van der Waals surface area contributed by atoms with Gasteiger partial charge >= 0.3 is 17.9 Å². The topological polar surface area (TPSA) is 124 Å². The third kappa shape index (κ3) is 10.5. The molecule has 0 saturated heterocycles. The normalized spacial score (nSPS) is 10.0. The molecule has 0 atom stereocenters. The minimum atomic E-state index is -0.572. The van der Waals surface area contributed by atoms with Crippen LogP contribution in [0.5, 0.6) is 17.2 Å². The number of carbonyl (C=O) groups excluding carboxylic acids is 4. The van der Waals surface area contributed by atoms with Crippen LogP contribution in [0.3, 0.4) is 0 Å². The van der Waals surface area contributed by atoms with Crippen molar-refractivity contribution in [2.24, 2.45) is 0 Å². The van der Waals surface area contributed by atoms with Crippen LogP contribution in [0.15, 0.2) is 48.6 Å². The second kappa shape index (κ2) is 15.0. The molecule has 0 fully saturated rings. The molecule has 0 spiro atoms. The van der Waals surface area contributed by atoms with Crippen molar-refractivity contribution in [3.05, 3.63) is 54.2 Å². The van der Waals surface area contributed by atoms with Gasteiger partial charge in [-0.15, -0.1) is 0 Å². The Morgan fingerprint density at radius 1 is 0.583 bits per heavy atom. The molecule has 0 N–H and O–H groups in total. The van der Waals surface area contributed by atoms with Crippen LogP contribution in [-0.2, 0) is 28.6 Å². The summed E-state index contributed by atoms with van der Waals surface area (Å²) in [4.78, 5) is 46.8. The van der Waals surface area contributed by atoms with Crippen molar-refractivity contribution in [1.29, 1.82) is 0 Å². The molecule has 196 valence electrons. The predicted molar refractivity (Wildman–Crippen MR) is 130 cm³/mol. The second-order valence-electron chi connectivity index (χ2n) is 7.65. The van der Waals surface area contributed by atoms with Gasteiger partial charge in [0.2, 0.25) is 5.75 Å². The van der Waals surface area contributed by atoms with E-state index < -0.39 is 17.9 Å². The molecule has 0 radical (unpaired) electrons. The fourth-order valence-electron chi connectivity index (χ4n) is 2.36. The number of ether oxygens (including phenoxy) is 6. The van der Waals surface area contributed by atoms with Crippen LogP contribution in [-0.4, -0.2) is 63.3 Å². The van der Waals surface area contributed by atoms with Gasteiger partial charge in [0, 0.05) is 22.3 Å². The van der Waals surface area contributed by atoms with E-state index in [0.29, 0.717) is 0 Å². The van der Waals surface area contributed by atoms with Crippen molar-refractivity contribution in [2.75, 3.05) is 39.6 Å². The monoisotopic (exact) mass is 504 g/mol. The van der Waals surface area contributed by atoms with Crippen molar-refractivity contribution in [1.82, 2.24) is 0 Å². The fourth-order valence-corrected chi connectivity index (χ4v) is 2.36. The molecule has 0 bridgehead atoms. The third-order valence-corrected chi connectivity index (χ3v) is 4.18. The smallest absolute Gasteiger partial charge is 0.333 e. The van der Waals surface area contributed by atoms with Gasteiger partial charge in [0.1, 0.15) is 39.6 Å². The van der Waals surface area contributed by atoms with Gasteiger partial charge in [0.05, 0.1) is 0 Å².